The Morgan fingerprint density at radius 2 is 2.04 bits per heavy atom. The first-order valence-corrected chi connectivity index (χ1v) is 8.91. The zero-order valence-corrected chi connectivity index (χ0v) is 14.3. The van der Waals surface area contributed by atoms with Crippen molar-refractivity contribution >= 4 is 44.7 Å². The van der Waals surface area contributed by atoms with Gasteiger partial charge in [0.05, 0.1) is 12.0 Å². The van der Waals surface area contributed by atoms with Crippen molar-refractivity contribution in [2.75, 3.05) is 11.9 Å². The smallest absolute Gasteiger partial charge is 0.225 e. The van der Waals surface area contributed by atoms with E-state index in [0.717, 1.165) is 40.3 Å². The molecule has 0 fully saturated rings. The summed E-state index contributed by atoms with van der Waals surface area (Å²) < 4.78 is 5.48. The first kappa shape index (κ1) is 14.7. The van der Waals surface area contributed by atoms with Gasteiger partial charge in [-0.25, -0.2) is 4.98 Å². The van der Waals surface area contributed by atoms with Crippen molar-refractivity contribution in [3.8, 4) is 5.75 Å². The summed E-state index contributed by atoms with van der Waals surface area (Å²) in [6.45, 7) is 2.64. The molecule has 0 amide bonds. The number of thiophene rings is 1. The van der Waals surface area contributed by atoms with Crippen LogP contribution < -0.4 is 10.1 Å². The second-order valence-corrected chi connectivity index (χ2v) is 6.88. The van der Waals surface area contributed by atoms with Gasteiger partial charge in [-0.1, -0.05) is 0 Å². The standard InChI is InChI=1S/C17H16ClN3OS/c1-2-22-11-8-6-10(7-9-11)19-15-14-12-4-3-5-13(12)23-16(14)21-17(18)20-15/h6-9H,2-5H2,1H3,(H,19,20,21). The summed E-state index contributed by atoms with van der Waals surface area (Å²) in [5, 5.41) is 4.80. The van der Waals surface area contributed by atoms with E-state index in [1.165, 1.54) is 16.9 Å². The molecule has 2 aromatic heterocycles. The number of aryl methyl sites for hydroxylation is 2. The summed E-state index contributed by atoms with van der Waals surface area (Å²) in [5.74, 6) is 1.66. The highest BCUT2D eigenvalue weighted by Crippen LogP contribution is 2.40. The molecule has 2 heterocycles. The molecule has 0 spiro atoms. The van der Waals surface area contributed by atoms with Gasteiger partial charge in [-0.15, -0.1) is 11.3 Å². The predicted molar refractivity (Wildman–Crippen MR) is 95.3 cm³/mol. The molecule has 1 aliphatic rings. The van der Waals surface area contributed by atoms with Gasteiger partial charge in [-0.05, 0) is 67.6 Å². The minimum atomic E-state index is 0.283. The Bertz CT molecular complexity index is 860. The molecule has 3 aromatic rings. The lowest BCUT2D eigenvalue weighted by Gasteiger charge is -2.09. The Kier molecular flexibility index (Phi) is 3.83. The number of hydrogen-bond acceptors (Lipinski definition) is 5. The van der Waals surface area contributed by atoms with Crippen molar-refractivity contribution in [2.45, 2.75) is 26.2 Å². The Morgan fingerprint density at radius 1 is 1.22 bits per heavy atom. The van der Waals surface area contributed by atoms with Crippen LogP contribution in [0.5, 0.6) is 5.75 Å². The van der Waals surface area contributed by atoms with E-state index in [4.69, 9.17) is 16.3 Å². The lowest BCUT2D eigenvalue weighted by atomic mass is 10.2. The fourth-order valence-corrected chi connectivity index (χ4v) is 4.48. The summed E-state index contributed by atoms with van der Waals surface area (Å²) in [6, 6.07) is 7.87. The van der Waals surface area contributed by atoms with E-state index in [1.54, 1.807) is 11.3 Å². The Morgan fingerprint density at radius 3 is 2.83 bits per heavy atom. The molecule has 4 rings (SSSR count). The number of anilines is 2. The number of nitrogens with zero attached hydrogens (tertiary/aromatic N) is 2. The second kappa shape index (κ2) is 5.98. The summed E-state index contributed by atoms with van der Waals surface area (Å²) >= 11 is 7.84. The van der Waals surface area contributed by atoms with Crippen LogP contribution in [-0.4, -0.2) is 16.6 Å². The molecule has 0 unspecified atom stereocenters. The van der Waals surface area contributed by atoms with E-state index in [0.29, 0.717) is 6.61 Å². The first-order chi connectivity index (χ1) is 11.2. The molecule has 23 heavy (non-hydrogen) atoms. The molecule has 0 aliphatic heterocycles. The highest BCUT2D eigenvalue weighted by Gasteiger charge is 2.22. The molecule has 0 saturated heterocycles. The number of aromatic nitrogens is 2. The number of benzene rings is 1. The number of rotatable bonds is 4. The molecule has 1 aromatic carbocycles. The van der Waals surface area contributed by atoms with E-state index >= 15 is 0 Å². The summed E-state index contributed by atoms with van der Waals surface area (Å²) in [5.41, 5.74) is 2.34. The van der Waals surface area contributed by atoms with Gasteiger partial charge in [0.25, 0.3) is 0 Å². The van der Waals surface area contributed by atoms with Crippen molar-refractivity contribution in [1.82, 2.24) is 9.97 Å². The number of halogens is 1. The molecule has 1 aliphatic carbocycles. The predicted octanol–water partition coefficient (Wildman–Crippen LogP) is 4.98. The van der Waals surface area contributed by atoms with Crippen LogP contribution in [0.1, 0.15) is 23.8 Å². The van der Waals surface area contributed by atoms with Crippen LogP contribution in [0.2, 0.25) is 5.28 Å². The van der Waals surface area contributed by atoms with Crippen molar-refractivity contribution in [3.05, 3.63) is 40.0 Å². The zero-order valence-electron chi connectivity index (χ0n) is 12.7. The van der Waals surface area contributed by atoms with Crippen molar-refractivity contribution in [2.24, 2.45) is 0 Å². The number of nitrogens with one attached hydrogen (secondary N) is 1. The maximum Gasteiger partial charge on any atom is 0.225 e. The van der Waals surface area contributed by atoms with Crippen LogP contribution in [0.15, 0.2) is 24.3 Å². The van der Waals surface area contributed by atoms with Crippen LogP contribution in [0.3, 0.4) is 0 Å². The highest BCUT2D eigenvalue weighted by molar-refractivity contribution is 7.19. The molecule has 0 radical (unpaired) electrons. The van der Waals surface area contributed by atoms with E-state index in [-0.39, 0.29) is 5.28 Å². The van der Waals surface area contributed by atoms with Crippen LogP contribution in [0.25, 0.3) is 10.2 Å². The van der Waals surface area contributed by atoms with E-state index in [1.807, 2.05) is 31.2 Å². The Balaban J connectivity index is 1.73. The van der Waals surface area contributed by atoms with Gasteiger partial charge in [0.2, 0.25) is 5.28 Å². The molecular weight excluding hydrogens is 330 g/mol. The van der Waals surface area contributed by atoms with Crippen LogP contribution >= 0.6 is 22.9 Å². The summed E-state index contributed by atoms with van der Waals surface area (Å²) in [7, 11) is 0. The van der Waals surface area contributed by atoms with E-state index < -0.39 is 0 Å². The van der Waals surface area contributed by atoms with E-state index in [2.05, 4.69) is 15.3 Å². The van der Waals surface area contributed by atoms with Gasteiger partial charge >= 0.3 is 0 Å². The van der Waals surface area contributed by atoms with Crippen molar-refractivity contribution in [3.63, 3.8) is 0 Å². The van der Waals surface area contributed by atoms with Crippen molar-refractivity contribution in [1.29, 1.82) is 0 Å². The third-order valence-electron chi connectivity index (χ3n) is 3.97. The lowest BCUT2D eigenvalue weighted by molar-refractivity contribution is 0.340. The fraction of sp³-hybridized carbons (Fsp3) is 0.294. The van der Waals surface area contributed by atoms with Crippen LogP contribution in [0, 0.1) is 0 Å². The zero-order chi connectivity index (χ0) is 15.8. The maximum absolute atomic E-state index is 6.10. The van der Waals surface area contributed by atoms with Gasteiger partial charge in [0, 0.05) is 10.6 Å². The van der Waals surface area contributed by atoms with Gasteiger partial charge in [0.1, 0.15) is 16.4 Å². The molecule has 118 valence electrons. The second-order valence-electron chi connectivity index (χ2n) is 5.46. The third-order valence-corrected chi connectivity index (χ3v) is 5.32. The van der Waals surface area contributed by atoms with Gasteiger partial charge in [-0.3, -0.25) is 0 Å². The van der Waals surface area contributed by atoms with Gasteiger partial charge < -0.3 is 10.1 Å². The SMILES string of the molecule is CCOc1ccc(Nc2nc(Cl)nc3sc4c(c23)CCC4)cc1. The first-order valence-electron chi connectivity index (χ1n) is 7.72. The molecule has 6 heteroatoms. The quantitative estimate of drug-likeness (QED) is 0.678. The topological polar surface area (TPSA) is 47.0 Å². The normalized spacial score (nSPS) is 13.3. The minimum absolute atomic E-state index is 0.283. The van der Waals surface area contributed by atoms with Crippen LogP contribution in [0.4, 0.5) is 11.5 Å². The summed E-state index contributed by atoms with van der Waals surface area (Å²) in [6.07, 6.45) is 3.44. The molecule has 0 bridgehead atoms. The lowest BCUT2D eigenvalue weighted by Crippen LogP contribution is -1.98. The molecular formula is C17H16ClN3OS. The minimum Gasteiger partial charge on any atom is -0.494 e. The van der Waals surface area contributed by atoms with Crippen LogP contribution in [-0.2, 0) is 12.8 Å². The molecule has 0 atom stereocenters. The third kappa shape index (κ3) is 2.75. The molecule has 4 nitrogen and oxygen atoms in total. The van der Waals surface area contributed by atoms with Gasteiger partial charge in [0.15, 0.2) is 0 Å². The largest absolute Gasteiger partial charge is 0.494 e. The summed E-state index contributed by atoms with van der Waals surface area (Å²) in [4.78, 5) is 11.2. The number of fused-ring (bicyclic) bond motifs is 3. The molecule has 1 N–H and O–H groups in total. The van der Waals surface area contributed by atoms with Gasteiger partial charge in [-0.2, -0.15) is 4.98 Å². The number of ether oxygens (including phenoxy) is 1. The van der Waals surface area contributed by atoms with E-state index in [9.17, 15) is 0 Å². The molecule has 0 saturated carbocycles. The average molecular weight is 346 g/mol. The average Bonchev–Trinajstić information content (AvgIpc) is 3.09. The fourth-order valence-electron chi connectivity index (χ4n) is 3.00. The maximum atomic E-state index is 6.10. The Hall–Kier alpha value is -1.85. The van der Waals surface area contributed by atoms with Crippen molar-refractivity contribution < 1.29 is 4.74 Å². The number of hydrogen-bond donors (Lipinski definition) is 1. The monoisotopic (exact) mass is 345 g/mol. The highest BCUT2D eigenvalue weighted by atomic mass is 35.5. The Labute approximate surface area is 143 Å².